The number of hydrogen-bond acceptors (Lipinski definition) is 2. The Morgan fingerprint density at radius 1 is 0.933 bits per heavy atom. The van der Waals surface area contributed by atoms with Gasteiger partial charge in [-0.15, -0.1) is 0 Å². The zero-order chi connectivity index (χ0) is 11.2. The van der Waals surface area contributed by atoms with Gasteiger partial charge < -0.3 is 4.42 Å². The molecule has 0 saturated heterocycles. The van der Waals surface area contributed by atoms with Crippen molar-refractivity contribution in [2.24, 2.45) is 0 Å². The van der Waals surface area contributed by atoms with E-state index < -0.39 is 5.63 Å². The van der Waals surface area contributed by atoms with Gasteiger partial charge in [0.2, 0.25) is 0 Å². The normalized spacial score (nSPS) is 10.9. The Bertz CT molecular complexity index is 603. The minimum atomic E-state index is -0.701. The van der Waals surface area contributed by atoms with Crippen molar-refractivity contribution in [2.45, 2.75) is 0 Å². The minimum absolute atomic E-state index is 0.0513. The van der Waals surface area contributed by atoms with E-state index in [0.717, 1.165) is 0 Å². The van der Waals surface area contributed by atoms with Crippen molar-refractivity contribution < 1.29 is 4.42 Å². The summed E-state index contributed by atoms with van der Waals surface area (Å²) >= 11 is 23.2. The van der Waals surface area contributed by atoms with E-state index in [1.807, 2.05) is 0 Å². The highest BCUT2D eigenvalue weighted by Crippen LogP contribution is 2.37. The Morgan fingerprint density at radius 3 is 2.27 bits per heavy atom. The van der Waals surface area contributed by atoms with Gasteiger partial charge in [-0.3, -0.25) is 0 Å². The Hall–Kier alpha value is -0.410. The van der Waals surface area contributed by atoms with E-state index in [0.29, 0.717) is 10.4 Å². The third-order valence-corrected chi connectivity index (χ3v) is 3.47. The first-order valence-corrected chi connectivity index (χ1v) is 5.29. The second-order valence-electron chi connectivity index (χ2n) is 2.75. The molecular weight excluding hydrogens is 282 g/mol. The number of halogens is 4. The van der Waals surface area contributed by atoms with Gasteiger partial charge >= 0.3 is 5.63 Å². The highest BCUT2D eigenvalue weighted by molar-refractivity contribution is 6.50. The Morgan fingerprint density at radius 2 is 1.60 bits per heavy atom. The topological polar surface area (TPSA) is 30.2 Å². The lowest BCUT2D eigenvalue weighted by molar-refractivity contribution is 0.561. The number of hydrogen-bond donors (Lipinski definition) is 0. The number of rotatable bonds is 0. The Balaban J connectivity index is 3.07. The van der Waals surface area contributed by atoms with E-state index >= 15 is 0 Å². The van der Waals surface area contributed by atoms with Crippen LogP contribution in [0.4, 0.5) is 0 Å². The molecule has 0 aliphatic heterocycles. The van der Waals surface area contributed by atoms with Gasteiger partial charge in [-0.25, -0.2) is 4.79 Å². The molecule has 6 heteroatoms. The van der Waals surface area contributed by atoms with Gasteiger partial charge in [-0.1, -0.05) is 46.4 Å². The van der Waals surface area contributed by atoms with Crippen molar-refractivity contribution in [1.82, 2.24) is 0 Å². The molecule has 2 rings (SSSR count). The summed E-state index contributed by atoms with van der Waals surface area (Å²) in [6, 6.07) is 3.02. The molecule has 2 aromatic rings. The fraction of sp³-hybridized carbons (Fsp3) is 0. The molecule has 0 saturated carbocycles. The van der Waals surface area contributed by atoms with Gasteiger partial charge in [-0.05, 0) is 12.1 Å². The number of fused-ring (bicyclic) bond motifs is 1. The molecule has 0 spiro atoms. The summed E-state index contributed by atoms with van der Waals surface area (Å²) in [4.78, 5) is 11.2. The van der Waals surface area contributed by atoms with Crippen molar-refractivity contribution in [3.05, 3.63) is 42.6 Å². The smallest absolute Gasteiger partial charge is 0.356 e. The molecule has 2 nitrogen and oxygen atoms in total. The molecular formula is C9H2Cl4O2. The van der Waals surface area contributed by atoms with Crippen LogP contribution in [0.1, 0.15) is 0 Å². The highest BCUT2D eigenvalue weighted by atomic mass is 35.5. The van der Waals surface area contributed by atoms with Crippen molar-refractivity contribution in [3.63, 3.8) is 0 Å². The summed E-state index contributed by atoms with van der Waals surface area (Å²) in [6.07, 6.45) is 0. The fourth-order valence-corrected chi connectivity index (χ4v) is 2.02. The van der Waals surface area contributed by atoms with Crippen molar-refractivity contribution in [2.75, 3.05) is 0 Å². The summed E-state index contributed by atoms with van der Waals surface area (Å²) in [5.41, 5.74) is -0.448. The average Bonchev–Trinajstić information content (AvgIpc) is 2.20. The van der Waals surface area contributed by atoms with Crippen molar-refractivity contribution in [3.8, 4) is 0 Å². The first-order chi connectivity index (χ1) is 7.02. The van der Waals surface area contributed by atoms with Crippen molar-refractivity contribution in [1.29, 1.82) is 0 Å². The molecule has 0 unspecified atom stereocenters. The van der Waals surface area contributed by atoms with Gasteiger partial charge in [0.1, 0.15) is 10.6 Å². The standard InChI is InChI=1S/C9H2Cl4O2/c10-3-1-2-4-5(6(3)11)7(12)8(13)9(14)15-4/h1-2H. The molecule has 0 amide bonds. The maximum Gasteiger partial charge on any atom is 0.356 e. The summed E-state index contributed by atoms with van der Waals surface area (Å²) < 4.78 is 4.89. The van der Waals surface area contributed by atoms with Crippen LogP contribution in [0.25, 0.3) is 11.0 Å². The third-order valence-electron chi connectivity index (χ3n) is 1.85. The lowest BCUT2D eigenvalue weighted by Crippen LogP contribution is -2.00. The van der Waals surface area contributed by atoms with Crippen LogP contribution < -0.4 is 5.63 Å². The predicted molar refractivity (Wildman–Crippen MR) is 62.5 cm³/mol. The SMILES string of the molecule is O=c1oc2ccc(Cl)c(Cl)c2c(Cl)c1Cl. The van der Waals surface area contributed by atoms with E-state index in [1.165, 1.54) is 12.1 Å². The quantitative estimate of drug-likeness (QED) is 0.671. The van der Waals surface area contributed by atoms with Crippen LogP contribution in [0.3, 0.4) is 0 Å². The predicted octanol–water partition coefficient (Wildman–Crippen LogP) is 4.41. The summed E-state index contributed by atoms with van der Waals surface area (Å²) in [5, 5.41) is 0.722. The van der Waals surface area contributed by atoms with Gasteiger partial charge in [0.25, 0.3) is 0 Å². The lowest BCUT2D eigenvalue weighted by Gasteiger charge is -2.04. The molecule has 0 bridgehead atoms. The summed E-state index contributed by atoms with van der Waals surface area (Å²) in [5.74, 6) is 0. The molecule has 1 aromatic carbocycles. The van der Waals surface area contributed by atoms with E-state index in [9.17, 15) is 4.79 Å². The zero-order valence-corrected chi connectivity index (χ0v) is 10.0. The van der Waals surface area contributed by atoms with E-state index in [2.05, 4.69) is 0 Å². The lowest BCUT2D eigenvalue weighted by atomic mass is 10.2. The van der Waals surface area contributed by atoms with E-state index in [4.69, 9.17) is 50.8 Å². The minimum Gasteiger partial charge on any atom is -0.421 e. The second kappa shape index (κ2) is 3.87. The van der Waals surface area contributed by atoms with Crippen LogP contribution in [0.5, 0.6) is 0 Å². The molecule has 78 valence electrons. The molecule has 0 radical (unpaired) electrons. The van der Waals surface area contributed by atoms with Crippen LogP contribution >= 0.6 is 46.4 Å². The molecule has 0 aliphatic carbocycles. The van der Waals surface area contributed by atoms with Crippen LogP contribution in [-0.2, 0) is 0 Å². The van der Waals surface area contributed by atoms with E-state index in [-0.39, 0.29) is 20.7 Å². The van der Waals surface area contributed by atoms with Crippen LogP contribution in [0.15, 0.2) is 21.3 Å². The van der Waals surface area contributed by atoms with Gasteiger partial charge in [0, 0.05) is 0 Å². The fourth-order valence-electron chi connectivity index (χ4n) is 1.17. The van der Waals surface area contributed by atoms with Crippen LogP contribution in [-0.4, -0.2) is 0 Å². The second-order valence-corrected chi connectivity index (χ2v) is 4.29. The Kier molecular flexibility index (Phi) is 2.86. The average molecular weight is 284 g/mol. The molecule has 1 aromatic heterocycles. The first kappa shape index (κ1) is 11.1. The maximum absolute atomic E-state index is 11.2. The largest absolute Gasteiger partial charge is 0.421 e. The summed E-state index contributed by atoms with van der Waals surface area (Å²) in [6.45, 7) is 0. The summed E-state index contributed by atoms with van der Waals surface area (Å²) in [7, 11) is 0. The number of benzene rings is 1. The molecule has 0 N–H and O–H groups in total. The third kappa shape index (κ3) is 1.72. The molecule has 0 atom stereocenters. The van der Waals surface area contributed by atoms with E-state index in [1.54, 1.807) is 0 Å². The van der Waals surface area contributed by atoms with Crippen LogP contribution in [0.2, 0.25) is 20.1 Å². The molecule has 0 fully saturated rings. The highest BCUT2D eigenvalue weighted by Gasteiger charge is 2.15. The first-order valence-electron chi connectivity index (χ1n) is 3.78. The maximum atomic E-state index is 11.2. The zero-order valence-electron chi connectivity index (χ0n) is 6.98. The van der Waals surface area contributed by atoms with Crippen molar-refractivity contribution >= 4 is 57.4 Å². The van der Waals surface area contributed by atoms with Gasteiger partial charge in [0.15, 0.2) is 0 Å². The van der Waals surface area contributed by atoms with Gasteiger partial charge in [0.05, 0.1) is 20.5 Å². The van der Waals surface area contributed by atoms with Gasteiger partial charge in [-0.2, -0.15) is 0 Å². The van der Waals surface area contributed by atoms with Crippen LogP contribution in [0, 0.1) is 0 Å². The molecule has 1 heterocycles. The molecule has 15 heavy (non-hydrogen) atoms. The molecule has 0 aliphatic rings. The Labute approximate surface area is 104 Å². The monoisotopic (exact) mass is 282 g/mol.